The summed E-state index contributed by atoms with van der Waals surface area (Å²) in [4.78, 5) is 23.3. The van der Waals surface area contributed by atoms with E-state index in [1.165, 1.54) is 61.0 Å². The summed E-state index contributed by atoms with van der Waals surface area (Å²) in [6, 6.07) is 11.4. The highest BCUT2D eigenvalue weighted by molar-refractivity contribution is 6.16. The van der Waals surface area contributed by atoms with E-state index in [4.69, 9.17) is 10.2 Å². The smallest absolute Gasteiger partial charge is 0.271 e. The molecule has 2 aromatic rings. The maximum absolute atomic E-state index is 11.7. The molecule has 0 aromatic heterocycles. The number of amides is 2. The molecule has 0 atom stereocenters. The van der Waals surface area contributed by atoms with Gasteiger partial charge in [0.25, 0.3) is 11.8 Å². The van der Waals surface area contributed by atoms with Crippen LogP contribution >= 0.6 is 0 Å². The third-order valence-electron chi connectivity index (χ3n) is 2.81. The molecule has 2 rings (SSSR count). The Hall–Kier alpha value is -3.68. The average molecular weight is 326 g/mol. The second-order valence-corrected chi connectivity index (χ2v) is 4.53. The molecule has 0 unspecified atom stereocenters. The van der Waals surface area contributed by atoms with Crippen molar-refractivity contribution in [2.45, 2.75) is 0 Å². The standard InChI is InChI=1S/C16H14N4O4/c21-13-5-1-11(2-6-13)15(23)19-17-9-10-18-20-16(24)12-3-7-14(22)8-4-12/h1-10,21-22H,(H,19,23)(H,20,24)/b17-9+,18-10+. The first-order chi connectivity index (χ1) is 11.6. The van der Waals surface area contributed by atoms with E-state index in [1.807, 2.05) is 0 Å². The Labute approximate surface area is 137 Å². The summed E-state index contributed by atoms with van der Waals surface area (Å²) in [5.41, 5.74) is 5.19. The van der Waals surface area contributed by atoms with E-state index in [0.717, 1.165) is 0 Å². The van der Waals surface area contributed by atoms with Gasteiger partial charge in [-0.2, -0.15) is 10.2 Å². The zero-order chi connectivity index (χ0) is 17.4. The van der Waals surface area contributed by atoms with Crippen LogP contribution in [0.15, 0.2) is 58.7 Å². The van der Waals surface area contributed by atoms with Crippen molar-refractivity contribution in [2.75, 3.05) is 0 Å². The van der Waals surface area contributed by atoms with Crippen LogP contribution in [0, 0.1) is 0 Å². The van der Waals surface area contributed by atoms with E-state index < -0.39 is 11.8 Å². The molecule has 0 aliphatic carbocycles. The van der Waals surface area contributed by atoms with Gasteiger partial charge in [0.2, 0.25) is 0 Å². The van der Waals surface area contributed by atoms with Crippen LogP contribution in [0.2, 0.25) is 0 Å². The van der Waals surface area contributed by atoms with Crippen LogP contribution in [0.5, 0.6) is 11.5 Å². The number of hydrogen-bond donors (Lipinski definition) is 4. The minimum absolute atomic E-state index is 0.0616. The molecule has 0 saturated heterocycles. The molecule has 2 amide bonds. The number of nitrogens with zero attached hydrogens (tertiary/aromatic N) is 2. The van der Waals surface area contributed by atoms with Gasteiger partial charge < -0.3 is 10.2 Å². The van der Waals surface area contributed by atoms with Crippen molar-refractivity contribution in [3.63, 3.8) is 0 Å². The molecule has 0 radical (unpaired) electrons. The molecule has 0 heterocycles. The van der Waals surface area contributed by atoms with E-state index >= 15 is 0 Å². The zero-order valence-corrected chi connectivity index (χ0v) is 12.4. The lowest BCUT2D eigenvalue weighted by Gasteiger charge is -1.99. The van der Waals surface area contributed by atoms with Gasteiger partial charge in [-0.1, -0.05) is 0 Å². The molecule has 0 spiro atoms. The van der Waals surface area contributed by atoms with Gasteiger partial charge in [-0.3, -0.25) is 9.59 Å². The maximum Gasteiger partial charge on any atom is 0.271 e. The van der Waals surface area contributed by atoms with Crippen LogP contribution in [0.3, 0.4) is 0 Å². The fraction of sp³-hybridized carbons (Fsp3) is 0. The third kappa shape index (κ3) is 4.95. The predicted molar refractivity (Wildman–Crippen MR) is 88.1 cm³/mol. The van der Waals surface area contributed by atoms with E-state index in [1.54, 1.807) is 0 Å². The topological polar surface area (TPSA) is 123 Å². The van der Waals surface area contributed by atoms with Gasteiger partial charge in [0.05, 0.1) is 12.4 Å². The highest BCUT2D eigenvalue weighted by Gasteiger charge is 2.03. The number of nitrogens with one attached hydrogen (secondary N) is 2. The quantitative estimate of drug-likeness (QED) is 0.487. The van der Waals surface area contributed by atoms with Crippen LogP contribution in [-0.4, -0.2) is 34.5 Å². The van der Waals surface area contributed by atoms with Crippen LogP contribution in [-0.2, 0) is 0 Å². The lowest BCUT2D eigenvalue weighted by atomic mass is 10.2. The summed E-state index contributed by atoms with van der Waals surface area (Å²) in [6.07, 6.45) is 2.38. The molecule has 4 N–H and O–H groups in total. The number of carbonyl (C=O) groups is 2. The van der Waals surface area contributed by atoms with Gasteiger partial charge in [0.1, 0.15) is 11.5 Å². The maximum atomic E-state index is 11.7. The van der Waals surface area contributed by atoms with Crippen molar-refractivity contribution < 1.29 is 19.8 Å². The van der Waals surface area contributed by atoms with Gasteiger partial charge in [0, 0.05) is 11.1 Å². The van der Waals surface area contributed by atoms with Crippen LogP contribution in [0.4, 0.5) is 0 Å². The summed E-state index contributed by atoms with van der Waals surface area (Å²) < 4.78 is 0. The number of carbonyl (C=O) groups excluding carboxylic acids is 2. The van der Waals surface area contributed by atoms with Gasteiger partial charge in [-0.25, -0.2) is 10.9 Å². The molecule has 0 saturated carbocycles. The predicted octanol–water partition coefficient (Wildman–Crippen LogP) is 1.23. The Balaban J connectivity index is 1.78. The zero-order valence-electron chi connectivity index (χ0n) is 12.4. The van der Waals surface area contributed by atoms with Gasteiger partial charge >= 0.3 is 0 Å². The van der Waals surface area contributed by atoms with E-state index in [2.05, 4.69) is 21.1 Å². The Morgan fingerprint density at radius 1 is 0.708 bits per heavy atom. The Morgan fingerprint density at radius 3 is 1.38 bits per heavy atom. The number of phenolic OH excluding ortho intramolecular Hbond substituents is 2. The number of hydrazone groups is 2. The van der Waals surface area contributed by atoms with Crippen LogP contribution < -0.4 is 10.9 Å². The number of rotatable bonds is 5. The molecular formula is C16H14N4O4. The molecule has 8 nitrogen and oxygen atoms in total. The van der Waals surface area contributed by atoms with E-state index in [9.17, 15) is 9.59 Å². The van der Waals surface area contributed by atoms with Crippen molar-refractivity contribution in [1.82, 2.24) is 10.9 Å². The number of hydrogen-bond acceptors (Lipinski definition) is 6. The second-order valence-electron chi connectivity index (χ2n) is 4.53. The highest BCUT2D eigenvalue weighted by Crippen LogP contribution is 2.09. The monoisotopic (exact) mass is 326 g/mol. The Kier molecular flexibility index (Phi) is 5.62. The highest BCUT2D eigenvalue weighted by atomic mass is 16.3. The van der Waals surface area contributed by atoms with E-state index in [0.29, 0.717) is 11.1 Å². The average Bonchev–Trinajstić information content (AvgIpc) is 2.58. The molecule has 122 valence electrons. The van der Waals surface area contributed by atoms with Crippen LogP contribution in [0.1, 0.15) is 20.7 Å². The van der Waals surface area contributed by atoms with Gasteiger partial charge in [-0.15, -0.1) is 0 Å². The molecule has 24 heavy (non-hydrogen) atoms. The van der Waals surface area contributed by atoms with Crippen molar-refractivity contribution in [3.05, 3.63) is 59.7 Å². The van der Waals surface area contributed by atoms with Gasteiger partial charge in [-0.05, 0) is 48.5 Å². The molecule has 0 fully saturated rings. The molecule has 8 heteroatoms. The molecular weight excluding hydrogens is 312 g/mol. The van der Waals surface area contributed by atoms with Crippen LogP contribution in [0.25, 0.3) is 0 Å². The first-order valence-corrected chi connectivity index (χ1v) is 6.80. The summed E-state index contributed by atoms with van der Waals surface area (Å²) >= 11 is 0. The summed E-state index contributed by atoms with van der Waals surface area (Å²) in [5, 5.41) is 25.5. The summed E-state index contributed by atoms with van der Waals surface area (Å²) in [6.45, 7) is 0. The summed E-state index contributed by atoms with van der Waals surface area (Å²) in [5.74, 6) is -0.779. The fourth-order valence-corrected chi connectivity index (χ4v) is 1.61. The fourth-order valence-electron chi connectivity index (χ4n) is 1.61. The first-order valence-electron chi connectivity index (χ1n) is 6.80. The Bertz CT molecular complexity index is 700. The lowest BCUT2D eigenvalue weighted by molar-refractivity contribution is 0.0946. The molecule has 2 aromatic carbocycles. The molecule has 0 aliphatic rings. The number of phenols is 2. The normalized spacial score (nSPS) is 10.8. The largest absolute Gasteiger partial charge is 0.508 e. The van der Waals surface area contributed by atoms with Crippen molar-refractivity contribution in [1.29, 1.82) is 0 Å². The summed E-state index contributed by atoms with van der Waals surface area (Å²) in [7, 11) is 0. The molecule has 0 bridgehead atoms. The minimum atomic E-state index is -0.451. The minimum Gasteiger partial charge on any atom is -0.508 e. The van der Waals surface area contributed by atoms with Gasteiger partial charge in [0.15, 0.2) is 0 Å². The SMILES string of the molecule is O=C(N/N=C/C=N/NC(=O)c1ccc(O)cc1)c1ccc(O)cc1. The second kappa shape index (κ2) is 8.08. The first kappa shape index (κ1) is 16.7. The molecule has 0 aliphatic heterocycles. The third-order valence-corrected chi connectivity index (χ3v) is 2.81. The van der Waals surface area contributed by atoms with E-state index in [-0.39, 0.29) is 11.5 Å². The Morgan fingerprint density at radius 2 is 1.04 bits per heavy atom. The van der Waals surface area contributed by atoms with Crippen molar-refractivity contribution in [3.8, 4) is 11.5 Å². The number of benzene rings is 2. The van der Waals surface area contributed by atoms with Crippen molar-refractivity contribution >= 4 is 24.2 Å². The lowest BCUT2D eigenvalue weighted by Crippen LogP contribution is -2.18. The number of aromatic hydroxyl groups is 2. The van der Waals surface area contributed by atoms with Crippen molar-refractivity contribution in [2.24, 2.45) is 10.2 Å².